The average molecular weight is 276 g/mol. The van der Waals surface area contributed by atoms with Crippen molar-refractivity contribution in [2.24, 2.45) is 11.1 Å². The van der Waals surface area contributed by atoms with E-state index in [1.54, 1.807) is 0 Å². The molecule has 20 heavy (non-hydrogen) atoms. The lowest BCUT2D eigenvalue weighted by Gasteiger charge is -2.29. The SMILES string of the molecule is CC(C)Oc1cccc(C(CN)N2CCC(C)(C)C2)c1. The van der Waals surface area contributed by atoms with Crippen molar-refractivity contribution in [3.63, 3.8) is 0 Å². The van der Waals surface area contributed by atoms with E-state index in [9.17, 15) is 0 Å². The number of likely N-dealkylation sites (tertiary alicyclic amines) is 1. The topological polar surface area (TPSA) is 38.5 Å². The minimum Gasteiger partial charge on any atom is -0.491 e. The van der Waals surface area contributed by atoms with E-state index >= 15 is 0 Å². The fourth-order valence-corrected chi connectivity index (χ4v) is 2.98. The smallest absolute Gasteiger partial charge is 0.120 e. The molecule has 2 rings (SSSR count). The molecule has 0 aliphatic carbocycles. The van der Waals surface area contributed by atoms with E-state index in [1.807, 2.05) is 6.07 Å². The zero-order valence-corrected chi connectivity index (χ0v) is 13.2. The third-order valence-electron chi connectivity index (χ3n) is 3.99. The fourth-order valence-electron chi connectivity index (χ4n) is 2.98. The Morgan fingerprint density at radius 3 is 2.65 bits per heavy atom. The van der Waals surface area contributed by atoms with Gasteiger partial charge in [-0.3, -0.25) is 4.90 Å². The molecule has 1 aliphatic rings. The molecule has 1 saturated heterocycles. The van der Waals surface area contributed by atoms with Gasteiger partial charge in [-0.2, -0.15) is 0 Å². The van der Waals surface area contributed by atoms with Crippen LogP contribution in [0.4, 0.5) is 0 Å². The van der Waals surface area contributed by atoms with E-state index in [0.717, 1.165) is 18.8 Å². The van der Waals surface area contributed by atoms with Crippen LogP contribution in [0.15, 0.2) is 24.3 Å². The van der Waals surface area contributed by atoms with Crippen LogP contribution >= 0.6 is 0 Å². The van der Waals surface area contributed by atoms with Crippen molar-refractivity contribution in [1.82, 2.24) is 4.90 Å². The molecule has 3 heteroatoms. The van der Waals surface area contributed by atoms with Crippen LogP contribution in [0.5, 0.6) is 5.75 Å². The van der Waals surface area contributed by atoms with Gasteiger partial charge < -0.3 is 10.5 Å². The normalized spacial score (nSPS) is 20.3. The summed E-state index contributed by atoms with van der Waals surface area (Å²) in [7, 11) is 0. The van der Waals surface area contributed by atoms with Gasteiger partial charge in [-0.05, 0) is 49.9 Å². The summed E-state index contributed by atoms with van der Waals surface area (Å²) in [5.41, 5.74) is 7.71. The molecular weight excluding hydrogens is 248 g/mol. The number of nitrogens with two attached hydrogens (primary N) is 1. The second-order valence-corrected chi connectivity index (χ2v) is 6.88. The van der Waals surface area contributed by atoms with Crippen molar-refractivity contribution in [2.75, 3.05) is 19.6 Å². The molecule has 1 aromatic rings. The van der Waals surface area contributed by atoms with Gasteiger partial charge in [0.15, 0.2) is 0 Å². The van der Waals surface area contributed by atoms with Crippen molar-refractivity contribution in [2.45, 2.75) is 46.3 Å². The molecule has 0 saturated carbocycles. The molecule has 2 N–H and O–H groups in total. The molecule has 1 aromatic carbocycles. The molecule has 0 bridgehead atoms. The van der Waals surface area contributed by atoms with Gasteiger partial charge in [-0.25, -0.2) is 0 Å². The number of rotatable bonds is 5. The van der Waals surface area contributed by atoms with Crippen LogP contribution < -0.4 is 10.5 Å². The summed E-state index contributed by atoms with van der Waals surface area (Å²) in [6.07, 6.45) is 1.44. The Labute approximate surface area is 123 Å². The first-order chi connectivity index (χ1) is 9.41. The number of nitrogens with zero attached hydrogens (tertiary/aromatic N) is 1. The molecule has 3 nitrogen and oxygen atoms in total. The second-order valence-electron chi connectivity index (χ2n) is 6.88. The lowest BCUT2D eigenvalue weighted by molar-refractivity contribution is 0.220. The quantitative estimate of drug-likeness (QED) is 0.897. The number of hydrogen-bond donors (Lipinski definition) is 1. The van der Waals surface area contributed by atoms with E-state index in [4.69, 9.17) is 10.5 Å². The summed E-state index contributed by atoms with van der Waals surface area (Å²) >= 11 is 0. The maximum Gasteiger partial charge on any atom is 0.120 e. The highest BCUT2D eigenvalue weighted by molar-refractivity contribution is 5.31. The molecular formula is C17H28N2O. The summed E-state index contributed by atoms with van der Waals surface area (Å²) in [6, 6.07) is 8.69. The first-order valence-electron chi connectivity index (χ1n) is 7.62. The van der Waals surface area contributed by atoms with E-state index in [1.165, 1.54) is 12.0 Å². The second kappa shape index (κ2) is 6.15. The van der Waals surface area contributed by atoms with Gasteiger partial charge in [-0.1, -0.05) is 26.0 Å². The van der Waals surface area contributed by atoms with Gasteiger partial charge in [-0.15, -0.1) is 0 Å². The lowest BCUT2D eigenvalue weighted by atomic mass is 9.93. The van der Waals surface area contributed by atoms with Gasteiger partial charge in [0.25, 0.3) is 0 Å². The highest BCUT2D eigenvalue weighted by Gasteiger charge is 2.33. The summed E-state index contributed by atoms with van der Waals surface area (Å²) < 4.78 is 5.79. The first-order valence-corrected chi connectivity index (χ1v) is 7.62. The summed E-state index contributed by atoms with van der Waals surface area (Å²) in [5, 5.41) is 0. The average Bonchev–Trinajstić information content (AvgIpc) is 2.70. The van der Waals surface area contributed by atoms with Crippen LogP contribution in [-0.2, 0) is 0 Å². The number of ether oxygens (including phenoxy) is 1. The van der Waals surface area contributed by atoms with Crippen molar-refractivity contribution in [3.05, 3.63) is 29.8 Å². The number of benzene rings is 1. The Balaban J connectivity index is 2.15. The fraction of sp³-hybridized carbons (Fsp3) is 0.647. The van der Waals surface area contributed by atoms with Crippen molar-refractivity contribution >= 4 is 0 Å². The molecule has 0 aromatic heterocycles. The molecule has 1 unspecified atom stereocenters. The minimum absolute atomic E-state index is 0.201. The van der Waals surface area contributed by atoms with Gasteiger partial charge >= 0.3 is 0 Å². The Bertz CT molecular complexity index is 442. The van der Waals surface area contributed by atoms with Crippen LogP contribution in [0.25, 0.3) is 0 Å². The van der Waals surface area contributed by atoms with Crippen LogP contribution in [0, 0.1) is 5.41 Å². The lowest BCUT2D eigenvalue weighted by Crippen LogP contribution is -2.33. The van der Waals surface area contributed by atoms with E-state index in [2.05, 4.69) is 50.8 Å². The molecule has 1 aliphatic heterocycles. The van der Waals surface area contributed by atoms with Gasteiger partial charge in [0.05, 0.1) is 6.10 Å². The highest BCUT2D eigenvalue weighted by Crippen LogP contribution is 2.35. The molecule has 1 heterocycles. The zero-order chi connectivity index (χ0) is 14.8. The standard InChI is InChI=1S/C17H28N2O/c1-13(2)20-15-7-5-6-14(10-15)16(11-18)19-9-8-17(3,4)12-19/h5-7,10,13,16H,8-9,11-12,18H2,1-4H3. The van der Waals surface area contributed by atoms with Gasteiger partial charge in [0, 0.05) is 19.1 Å². The van der Waals surface area contributed by atoms with E-state index < -0.39 is 0 Å². The van der Waals surface area contributed by atoms with Crippen LogP contribution in [0.1, 0.15) is 45.7 Å². The maximum absolute atomic E-state index is 6.04. The predicted molar refractivity (Wildman–Crippen MR) is 84.0 cm³/mol. The van der Waals surface area contributed by atoms with Crippen LogP contribution in [0.2, 0.25) is 0 Å². The number of hydrogen-bond acceptors (Lipinski definition) is 3. The minimum atomic E-state index is 0.201. The Morgan fingerprint density at radius 2 is 2.10 bits per heavy atom. The summed E-state index contributed by atoms with van der Waals surface area (Å²) in [5.74, 6) is 0.939. The molecule has 0 amide bonds. The third kappa shape index (κ3) is 3.74. The van der Waals surface area contributed by atoms with E-state index in [0.29, 0.717) is 18.0 Å². The third-order valence-corrected chi connectivity index (χ3v) is 3.99. The molecule has 1 fully saturated rings. The largest absolute Gasteiger partial charge is 0.491 e. The molecule has 1 atom stereocenters. The predicted octanol–water partition coefficient (Wildman–Crippen LogP) is 3.21. The zero-order valence-electron chi connectivity index (χ0n) is 13.2. The van der Waals surface area contributed by atoms with Crippen LogP contribution in [0.3, 0.4) is 0 Å². The van der Waals surface area contributed by atoms with Crippen molar-refractivity contribution in [3.8, 4) is 5.75 Å². The first kappa shape index (κ1) is 15.3. The Morgan fingerprint density at radius 1 is 1.35 bits per heavy atom. The van der Waals surface area contributed by atoms with Crippen molar-refractivity contribution in [1.29, 1.82) is 0 Å². The maximum atomic E-state index is 6.04. The highest BCUT2D eigenvalue weighted by atomic mass is 16.5. The summed E-state index contributed by atoms with van der Waals surface area (Å²) in [6.45, 7) is 11.7. The Hall–Kier alpha value is -1.06. The molecule has 0 spiro atoms. The molecule has 0 radical (unpaired) electrons. The van der Waals surface area contributed by atoms with E-state index in [-0.39, 0.29) is 6.10 Å². The van der Waals surface area contributed by atoms with Crippen molar-refractivity contribution < 1.29 is 4.74 Å². The monoisotopic (exact) mass is 276 g/mol. The Kier molecular flexibility index (Phi) is 4.71. The van der Waals surface area contributed by atoms with Gasteiger partial charge in [0.2, 0.25) is 0 Å². The van der Waals surface area contributed by atoms with Crippen LogP contribution in [-0.4, -0.2) is 30.6 Å². The molecule has 112 valence electrons. The van der Waals surface area contributed by atoms with Gasteiger partial charge in [0.1, 0.15) is 5.75 Å². The summed E-state index contributed by atoms with van der Waals surface area (Å²) in [4.78, 5) is 2.51.